The first-order valence-electron chi connectivity index (χ1n) is 6.54. The molecule has 1 aromatic heterocycles. The van der Waals surface area contributed by atoms with Gasteiger partial charge in [-0.2, -0.15) is 13.2 Å². The van der Waals surface area contributed by atoms with Crippen LogP contribution in [0.5, 0.6) is 5.75 Å². The van der Waals surface area contributed by atoms with E-state index in [-0.39, 0.29) is 24.7 Å². The van der Waals surface area contributed by atoms with Crippen LogP contribution in [-0.4, -0.2) is 19.1 Å². The SMILES string of the molecule is O=C(NCC#CCOc1cccc(C(F)(F)F)c1)c1ccco1. The molecule has 2 aromatic rings. The van der Waals surface area contributed by atoms with Crippen LogP contribution in [0.15, 0.2) is 47.1 Å². The average molecular weight is 323 g/mol. The summed E-state index contributed by atoms with van der Waals surface area (Å²) in [6, 6.07) is 7.64. The molecule has 0 saturated heterocycles. The predicted molar refractivity (Wildman–Crippen MR) is 75.8 cm³/mol. The number of ether oxygens (including phenoxy) is 1. The summed E-state index contributed by atoms with van der Waals surface area (Å²) in [5.74, 6) is 5.07. The van der Waals surface area contributed by atoms with Crippen LogP contribution in [0.1, 0.15) is 16.1 Å². The van der Waals surface area contributed by atoms with Gasteiger partial charge >= 0.3 is 6.18 Å². The number of carbonyl (C=O) groups excluding carboxylic acids is 1. The first-order valence-corrected chi connectivity index (χ1v) is 6.54. The van der Waals surface area contributed by atoms with Gasteiger partial charge in [-0.05, 0) is 30.3 Å². The Morgan fingerprint density at radius 3 is 2.74 bits per heavy atom. The van der Waals surface area contributed by atoms with Crippen molar-refractivity contribution in [1.82, 2.24) is 5.32 Å². The van der Waals surface area contributed by atoms with Crippen LogP contribution < -0.4 is 10.1 Å². The van der Waals surface area contributed by atoms with E-state index in [1.165, 1.54) is 24.5 Å². The molecule has 0 aliphatic rings. The van der Waals surface area contributed by atoms with E-state index in [0.29, 0.717) is 0 Å². The van der Waals surface area contributed by atoms with Gasteiger partial charge in [0.15, 0.2) is 5.76 Å². The molecule has 0 aliphatic heterocycles. The second-order valence-electron chi connectivity index (χ2n) is 4.33. The van der Waals surface area contributed by atoms with E-state index in [9.17, 15) is 18.0 Å². The lowest BCUT2D eigenvalue weighted by molar-refractivity contribution is -0.137. The van der Waals surface area contributed by atoms with Gasteiger partial charge < -0.3 is 14.5 Å². The van der Waals surface area contributed by atoms with Crippen LogP contribution >= 0.6 is 0 Å². The van der Waals surface area contributed by atoms with E-state index in [1.807, 2.05) is 0 Å². The summed E-state index contributed by atoms with van der Waals surface area (Å²) in [6.07, 6.45) is -3.04. The van der Waals surface area contributed by atoms with E-state index < -0.39 is 17.6 Å². The van der Waals surface area contributed by atoms with Crippen molar-refractivity contribution in [2.75, 3.05) is 13.2 Å². The monoisotopic (exact) mass is 323 g/mol. The van der Waals surface area contributed by atoms with Crippen LogP contribution in [0.4, 0.5) is 13.2 Å². The summed E-state index contributed by atoms with van der Waals surface area (Å²) >= 11 is 0. The molecule has 0 atom stereocenters. The first-order chi connectivity index (χ1) is 11.0. The highest BCUT2D eigenvalue weighted by Crippen LogP contribution is 2.31. The maximum atomic E-state index is 12.5. The number of hydrogen-bond donors (Lipinski definition) is 1. The van der Waals surface area contributed by atoms with Crippen molar-refractivity contribution in [2.24, 2.45) is 0 Å². The zero-order valence-corrected chi connectivity index (χ0v) is 11.8. The Labute approximate surface area is 130 Å². The average Bonchev–Trinajstić information content (AvgIpc) is 3.04. The highest BCUT2D eigenvalue weighted by atomic mass is 19.4. The second kappa shape index (κ2) is 7.40. The summed E-state index contributed by atoms with van der Waals surface area (Å²) in [5.41, 5.74) is -0.784. The fraction of sp³-hybridized carbons (Fsp3) is 0.188. The molecule has 120 valence electrons. The molecular weight excluding hydrogens is 311 g/mol. The molecule has 1 N–H and O–H groups in total. The standard InChI is InChI=1S/C16H12F3NO3/c17-16(18,19)12-5-3-6-13(11-12)22-9-2-1-8-20-15(21)14-7-4-10-23-14/h3-7,10-11H,8-9H2,(H,20,21). The molecule has 0 bridgehead atoms. The van der Waals surface area contributed by atoms with Gasteiger partial charge in [0.2, 0.25) is 0 Å². The van der Waals surface area contributed by atoms with Crippen molar-refractivity contribution in [3.63, 3.8) is 0 Å². The molecule has 1 heterocycles. The number of alkyl halides is 3. The Bertz CT molecular complexity index is 712. The number of amides is 1. The fourth-order valence-corrected chi connectivity index (χ4v) is 1.61. The summed E-state index contributed by atoms with van der Waals surface area (Å²) in [5, 5.41) is 2.50. The van der Waals surface area contributed by atoms with Crippen molar-refractivity contribution >= 4 is 5.91 Å². The van der Waals surface area contributed by atoms with Crippen molar-refractivity contribution < 1.29 is 27.1 Å². The maximum absolute atomic E-state index is 12.5. The Kier molecular flexibility index (Phi) is 5.31. The van der Waals surface area contributed by atoms with Gasteiger partial charge in [0.25, 0.3) is 5.91 Å². The van der Waals surface area contributed by atoms with Gasteiger partial charge in [0.05, 0.1) is 18.4 Å². The lowest BCUT2D eigenvalue weighted by Crippen LogP contribution is -2.23. The third-order valence-electron chi connectivity index (χ3n) is 2.68. The fourth-order valence-electron chi connectivity index (χ4n) is 1.61. The molecule has 23 heavy (non-hydrogen) atoms. The molecule has 4 nitrogen and oxygen atoms in total. The zero-order valence-electron chi connectivity index (χ0n) is 11.8. The summed E-state index contributed by atoms with van der Waals surface area (Å²) < 4.78 is 47.6. The van der Waals surface area contributed by atoms with Crippen LogP contribution in [0, 0.1) is 11.8 Å². The number of nitrogens with one attached hydrogen (secondary N) is 1. The molecule has 1 aromatic carbocycles. The number of halogens is 3. The zero-order chi connectivity index (χ0) is 16.7. The maximum Gasteiger partial charge on any atom is 0.416 e. The van der Waals surface area contributed by atoms with Crippen molar-refractivity contribution in [2.45, 2.75) is 6.18 Å². The normalized spacial score (nSPS) is 10.6. The number of furan rings is 1. The molecule has 0 fully saturated rings. The van der Waals surface area contributed by atoms with E-state index >= 15 is 0 Å². The van der Waals surface area contributed by atoms with Crippen molar-refractivity contribution in [1.29, 1.82) is 0 Å². The molecule has 1 amide bonds. The summed E-state index contributed by atoms with van der Waals surface area (Å²) in [7, 11) is 0. The Morgan fingerprint density at radius 1 is 1.22 bits per heavy atom. The Hall–Kier alpha value is -2.88. The predicted octanol–water partition coefficient (Wildman–Crippen LogP) is 3.11. The van der Waals surface area contributed by atoms with E-state index in [1.54, 1.807) is 6.07 Å². The van der Waals surface area contributed by atoms with Gasteiger partial charge in [-0.25, -0.2) is 0 Å². The van der Waals surface area contributed by atoms with Crippen molar-refractivity contribution in [3.8, 4) is 17.6 Å². The minimum atomic E-state index is -4.42. The van der Waals surface area contributed by atoms with Gasteiger partial charge in [-0.1, -0.05) is 17.9 Å². The molecule has 0 aliphatic carbocycles. The Morgan fingerprint density at radius 2 is 2.04 bits per heavy atom. The van der Waals surface area contributed by atoms with Crippen LogP contribution in [0.25, 0.3) is 0 Å². The highest BCUT2D eigenvalue weighted by molar-refractivity contribution is 5.91. The lowest BCUT2D eigenvalue weighted by Gasteiger charge is -2.08. The Balaban J connectivity index is 1.77. The third-order valence-corrected chi connectivity index (χ3v) is 2.68. The van der Waals surface area contributed by atoms with E-state index in [4.69, 9.17) is 9.15 Å². The van der Waals surface area contributed by atoms with E-state index in [2.05, 4.69) is 17.2 Å². The van der Waals surface area contributed by atoms with Gasteiger partial charge in [0, 0.05) is 0 Å². The molecule has 0 radical (unpaired) electrons. The number of hydrogen-bond acceptors (Lipinski definition) is 3. The van der Waals surface area contributed by atoms with Gasteiger partial charge in [-0.15, -0.1) is 0 Å². The van der Waals surface area contributed by atoms with Crippen LogP contribution in [0.3, 0.4) is 0 Å². The molecular formula is C16H12F3NO3. The molecule has 7 heteroatoms. The van der Waals surface area contributed by atoms with Crippen LogP contribution in [-0.2, 0) is 6.18 Å². The quantitative estimate of drug-likeness (QED) is 0.880. The minimum Gasteiger partial charge on any atom is -0.481 e. The topological polar surface area (TPSA) is 51.5 Å². The van der Waals surface area contributed by atoms with Gasteiger partial charge in [0.1, 0.15) is 12.4 Å². The third kappa shape index (κ3) is 5.11. The van der Waals surface area contributed by atoms with E-state index in [0.717, 1.165) is 12.1 Å². The molecule has 2 rings (SSSR count). The van der Waals surface area contributed by atoms with Gasteiger partial charge in [-0.3, -0.25) is 4.79 Å². The first kappa shape index (κ1) is 16.5. The smallest absolute Gasteiger partial charge is 0.416 e. The molecule has 0 unspecified atom stereocenters. The second-order valence-corrected chi connectivity index (χ2v) is 4.33. The molecule has 0 spiro atoms. The number of rotatable bonds is 4. The summed E-state index contributed by atoms with van der Waals surface area (Å²) in [4.78, 5) is 11.5. The summed E-state index contributed by atoms with van der Waals surface area (Å²) in [6.45, 7) is -0.0105. The van der Waals surface area contributed by atoms with Crippen molar-refractivity contribution in [3.05, 3.63) is 54.0 Å². The van der Waals surface area contributed by atoms with Crippen LogP contribution in [0.2, 0.25) is 0 Å². The number of carbonyl (C=O) groups is 1. The lowest BCUT2D eigenvalue weighted by atomic mass is 10.2. The molecule has 0 saturated carbocycles. The number of benzene rings is 1. The largest absolute Gasteiger partial charge is 0.481 e. The minimum absolute atomic E-state index is 0.0749. The highest BCUT2D eigenvalue weighted by Gasteiger charge is 2.30.